The molecule has 1 rings (SSSR count). The molecule has 19 heavy (non-hydrogen) atoms. The molecule has 0 saturated carbocycles. The zero-order chi connectivity index (χ0) is 14.5. The van der Waals surface area contributed by atoms with Crippen molar-refractivity contribution in [2.24, 2.45) is 5.92 Å². The summed E-state index contributed by atoms with van der Waals surface area (Å²) in [5.41, 5.74) is 0.393. The Hall–Kier alpha value is -0.0800. The second kappa shape index (κ2) is 7.64. The van der Waals surface area contributed by atoms with Crippen molar-refractivity contribution in [1.82, 2.24) is 10.2 Å². The van der Waals surface area contributed by atoms with Crippen molar-refractivity contribution < 1.29 is 0 Å². The van der Waals surface area contributed by atoms with Crippen LogP contribution in [0, 0.1) is 5.92 Å². The van der Waals surface area contributed by atoms with Crippen LogP contribution in [0.4, 0.5) is 0 Å². The SMILES string of the molecule is CCC(CC)N1CC(CC(C)C)NCC1(CC)CC. The van der Waals surface area contributed by atoms with Crippen LogP contribution in [0.5, 0.6) is 0 Å². The first-order chi connectivity index (χ1) is 9.02. The van der Waals surface area contributed by atoms with Gasteiger partial charge in [0.05, 0.1) is 0 Å². The lowest BCUT2D eigenvalue weighted by atomic mass is 9.83. The first-order valence-electron chi connectivity index (χ1n) is 8.53. The maximum absolute atomic E-state index is 3.83. The van der Waals surface area contributed by atoms with Gasteiger partial charge in [-0.1, -0.05) is 41.5 Å². The molecule has 1 heterocycles. The molecule has 0 spiro atoms. The average Bonchev–Trinajstić information content (AvgIpc) is 2.40. The zero-order valence-corrected chi connectivity index (χ0v) is 14.1. The molecule has 0 aromatic heterocycles. The van der Waals surface area contributed by atoms with Crippen molar-refractivity contribution in [2.45, 2.75) is 91.3 Å². The third-order valence-corrected chi connectivity index (χ3v) is 5.20. The molecule has 114 valence electrons. The number of nitrogens with one attached hydrogen (secondary N) is 1. The van der Waals surface area contributed by atoms with Crippen LogP contribution < -0.4 is 5.32 Å². The van der Waals surface area contributed by atoms with E-state index < -0.39 is 0 Å². The molecule has 1 aliphatic heterocycles. The highest BCUT2D eigenvalue weighted by Crippen LogP contribution is 2.32. The second-order valence-corrected chi connectivity index (χ2v) is 6.76. The fourth-order valence-electron chi connectivity index (χ4n) is 3.83. The smallest absolute Gasteiger partial charge is 0.0332 e. The van der Waals surface area contributed by atoms with E-state index in [9.17, 15) is 0 Å². The Kier molecular flexibility index (Phi) is 6.82. The number of rotatable bonds is 7. The third-order valence-electron chi connectivity index (χ3n) is 5.20. The van der Waals surface area contributed by atoms with Crippen LogP contribution >= 0.6 is 0 Å². The van der Waals surface area contributed by atoms with E-state index in [0.717, 1.165) is 12.0 Å². The molecule has 1 N–H and O–H groups in total. The van der Waals surface area contributed by atoms with Gasteiger partial charge in [-0.15, -0.1) is 0 Å². The van der Waals surface area contributed by atoms with Crippen LogP contribution in [-0.2, 0) is 0 Å². The molecule has 0 aromatic carbocycles. The lowest BCUT2D eigenvalue weighted by Gasteiger charge is -2.53. The molecule has 1 fully saturated rings. The van der Waals surface area contributed by atoms with Crippen molar-refractivity contribution in [3.63, 3.8) is 0 Å². The minimum Gasteiger partial charge on any atom is -0.311 e. The van der Waals surface area contributed by atoms with Gasteiger partial charge in [-0.05, 0) is 38.0 Å². The highest BCUT2D eigenvalue weighted by molar-refractivity contribution is 4.99. The van der Waals surface area contributed by atoms with E-state index in [1.165, 1.54) is 45.2 Å². The highest BCUT2D eigenvalue weighted by atomic mass is 15.3. The average molecular weight is 268 g/mol. The molecule has 0 radical (unpaired) electrons. The molecular formula is C17H36N2. The van der Waals surface area contributed by atoms with Gasteiger partial charge in [0, 0.05) is 30.7 Å². The number of nitrogens with zero attached hydrogens (tertiary/aromatic N) is 1. The maximum atomic E-state index is 3.83. The summed E-state index contributed by atoms with van der Waals surface area (Å²) in [5, 5.41) is 3.83. The fraction of sp³-hybridized carbons (Fsp3) is 1.00. The van der Waals surface area contributed by atoms with E-state index in [0.29, 0.717) is 11.6 Å². The largest absolute Gasteiger partial charge is 0.311 e. The van der Waals surface area contributed by atoms with Crippen LogP contribution in [0.2, 0.25) is 0 Å². The van der Waals surface area contributed by atoms with Crippen molar-refractivity contribution in [2.75, 3.05) is 13.1 Å². The van der Waals surface area contributed by atoms with Gasteiger partial charge in [-0.3, -0.25) is 4.90 Å². The summed E-state index contributed by atoms with van der Waals surface area (Å²) in [4.78, 5) is 2.86. The van der Waals surface area contributed by atoms with Crippen molar-refractivity contribution in [1.29, 1.82) is 0 Å². The van der Waals surface area contributed by atoms with Gasteiger partial charge in [-0.2, -0.15) is 0 Å². The second-order valence-electron chi connectivity index (χ2n) is 6.76. The molecule has 1 saturated heterocycles. The van der Waals surface area contributed by atoms with Crippen LogP contribution in [0.3, 0.4) is 0 Å². The van der Waals surface area contributed by atoms with Crippen LogP contribution in [0.1, 0.15) is 73.6 Å². The molecule has 2 nitrogen and oxygen atoms in total. The standard InChI is InChI=1S/C17H36N2/c1-7-16(8-2)19-12-15(11-14(5)6)18-13-17(19,9-3)10-4/h14-16,18H,7-13H2,1-6H3. The highest BCUT2D eigenvalue weighted by Gasteiger charge is 2.41. The zero-order valence-electron chi connectivity index (χ0n) is 14.1. The van der Waals surface area contributed by atoms with E-state index in [-0.39, 0.29) is 0 Å². The van der Waals surface area contributed by atoms with Crippen molar-refractivity contribution >= 4 is 0 Å². The summed E-state index contributed by atoms with van der Waals surface area (Å²) in [6.07, 6.45) is 6.41. The predicted molar refractivity (Wildman–Crippen MR) is 85.6 cm³/mol. The van der Waals surface area contributed by atoms with Gasteiger partial charge < -0.3 is 5.32 Å². The lowest BCUT2D eigenvalue weighted by Crippen LogP contribution is -2.66. The molecule has 0 bridgehead atoms. The Morgan fingerprint density at radius 2 is 1.68 bits per heavy atom. The Morgan fingerprint density at radius 1 is 1.11 bits per heavy atom. The van der Waals surface area contributed by atoms with E-state index in [4.69, 9.17) is 0 Å². The van der Waals surface area contributed by atoms with Gasteiger partial charge in [0.25, 0.3) is 0 Å². The Balaban J connectivity index is 2.85. The fourth-order valence-corrected chi connectivity index (χ4v) is 3.83. The van der Waals surface area contributed by atoms with Gasteiger partial charge in [0.2, 0.25) is 0 Å². The van der Waals surface area contributed by atoms with Crippen molar-refractivity contribution in [3.8, 4) is 0 Å². The van der Waals surface area contributed by atoms with E-state index in [2.05, 4.69) is 51.8 Å². The number of piperazine rings is 1. The van der Waals surface area contributed by atoms with Gasteiger partial charge in [-0.25, -0.2) is 0 Å². The molecule has 0 aliphatic carbocycles. The molecule has 0 amide bonds. The van der Waals surface area contributed by atoms with Gasteiger partial charge in [0.1, 0.15) is 0 Å². The Morgan fingerprint density at radius 3 is 2.11 bits per heavy atom. The minimum absolute atomic E-state index is 0.393. The topological polar surface area (TPSA) is 15.3 Å². The predicted octanol–water partition coefficient (Wildman–Crippen LogP) is 4.05. The van der Waals surface area contributed by atoms with E-state index in [1.54, 1.807) is 0 Å². The first-order valence-corrected chi connectivity index (χ1v) is 8.53. The maximum Gasteiger partial charge on any atom is 0.0332 e. The van der Waals surface area contributed by atoms with Gasteiger partial charge in [0.15, 0.2) is 0 Å². The number of hydrogen-bond acceptors (Lipinski definition) is 2. The summed E-state index contributed by atoms with van der Waals surface area (Å²) < 4.78 is 0. The molecule has 2 heteroatoms. The molecule has 1 atom stereocenters. The lowest BCUT2D eigenvalue weighted by molar-refractivity contribution is -0.0106. The summed E-state index contributed by atoms with van der Waals surface area (Å²) in [5.74, 6) is 0.789. The first kappa shape index (κ1) is 17.0. The summed E-state index contributed by atoms with van der Waals surface area (Å²) in [6.45, 7) is 16.5. The van der Waals surface area contributed by atoms with Crippen LogP contribution in [-0.4, -0.2) is 35.6 Å². The normalized spacial score (nSPS) is 24.3. The van der Waals surface area contributed by atoms with Crippen molar-refractivity contribution in [3.05, 3.63) is 0 Å². The minimum atomic E-state index is 0.393. The summed E-state index contributed by atoms with van der Waals surface area (Å²) in [6, 6.07) is 1.45. The summed E-state index contributed by atoms with van der Waals surface area (Å²) in [7, 11) is 0. The van der Waals surface area contributed by atoms with Crippen LogP contribution in [0.15, 0.2) is 0 Å². The Labute approximate surface area is 121 Å². The molecular weight excluding hydrogens is 232 g/mol. The third kappa shape index (κ3) is 3.95. The van der Waals surface area contributed by atoms with Gasteiger partial charge >= 0.3 is 0 Å². The Bertz CT molecular complexity index is 242. The summed E-state index contributed by atoms with van der Waals surface area (Å²) >= 11 is 0. The van der Waals surface area contributed by atoms with Crippen LogP contribution in [0.25, 0.3) is 0 Å². The quantitative estimate of drug-likeness (QED) is 0.749. The van der Waals surface area contributed by atoms with E-state index in [1.807, 2.05) is 0 Å². The monoisotopic (exact) mass is 268 g/mol. The molecule has 0 aromatic rings. The van der Waals surface area contributed by atoms with E-state index >= 15 is 0 Å². The molecule has 1 aliphatic rings. The molecule has 1 unspecified atom stereocenters. The number of hydrogen-bond donors (Lipinski definition) is 1.